The van der Waals surface area contributed by atoms with Crippen LogP contribution in [0.4, 0.5) is 11.4 Å². The molecule has 2 aliphatic rings. The number of anilines is 2. The van der Waals surface area contributed by atoms with Crippen LogP contribution in [0, 0.1) is 0 Å². The van der Waals surface area contributed by atoms with Crippen molar-refractivity contribution in [2.45, 2.75) is 31.6 Å². The molecule has 0 fully saturated rings. The van der Waals surface area contributed by atoms with E-state index in [-0.39, 0.29) is 5.41 Å². The number of rotatable bonds is 6. The Labute approximate surface area is 334 Å². The lowest BCUT2D eigenvalue weighted by Gasteiger charge is -2.31. The van der Waals surface area contributed by atoms with Crippen LogP contribution in [0.1, 0.15) is 42.9 Å². The average molecular weight is 731 g/mol. The fraction of sp³-hybridized carbons (Fsp3) is 0.0909. The van der Waals surface area contributed by atoms with Crippen LogP contribution in [0.3, 0.4) is 0 Å². The summed E-state index contributed by atoms with van der Waals surface area (Å²) in [5.41, 5.74) is 14.9. The van der Waals surface area contributed by atoms with Gasteiger partial charge in [0.25, 0.3) is 0 Å². The number of allylic oxidation sites excluding steroid dienone is 3. The van der Waals surface area contributed by atoms with E-state index in [1.165, 1.54) is 88.5 Å². The zero-order valence-corrected chi connectivity index (χ0v) is 32.2. The molecule has 272 valence electrons. The first kappa shape index (κ1) is 33.4. The van der Waals surface area contributed by atoms with Gasteiger partial charge < -0.3 is 9.47 Å². The lowest BCUT2D eigenvalue weighted by molar-refractivity contribution is 0.660. The van der Waals surface area contributed by atoms with Crippen molar-refractivity contribution < 1.29 is 0 Å². The Kier molecular flexibility index (Phi) is 7.69. The number of nitrogens with zero attached hydrogens (tertiary/aromatic N) is 2. The minimum Gasteiger partial charge on any atom is -0.316 e. The molecule has 2 heteroatoms. The van der Waals surface area contributed by atoms with Gasteiger partial charge in [0, 0.05) is 51.1 Å². The molecule has 0 N–H and O–H groups in total. The van der Waals surface area contributed by atoms with Crippen molar-refractivity contribution in [3.05, 3.63) is 223 Å². The molecule has 0 amide bonds. The molecule has 0 bridgehead atoms. The first-order valence-electron chi connectivity index (χ1n) is 20.1. The Balaban J connectivity index is 0.999. The number of fused-ring (bicyclic) bond motifs is 9. The van der Waals surface area contributed by atoms with E-state index in [1.807, 2.05) is 0 Å². The minimum atomic E-state index is -0.202. The van der Waals surface area contributed by atoms with Crippen LogP contribution >= 0.6 is 0 Å². The van der Waals surface area contributed by atoms with Crippen LogP contribution < -0.4 is 4.90 Å². The van der Waals surface area contributed by atoms with Gasteiger partial charge in [0.05, 0.1) is 5.52 Å². The normalized spacial score (nSPS) is 15.5. The Morgan fingerprint density at radius 3 is 1.77 bits per heavy atom. The van der Waals surface area contributed by atoms with Crippen molar-refractivity contribution in [3.63, 3.8) is 0 Å². The van der Waals surface area contributed by atoms with E-state index in [0.717, 1.165) is 12.1 Å². The molecule has 57 heavy (non-hydrogen) atoms. The van der Waals surface area contributed by atoms with E-state index in [1.54, 1.807) is 0 Å². The largest absolute Gasteiger partial charge is 0.316 e. The first-order chi connectivity index (χ1) is 28.0. The molecule has 0 saturated heterocycles. The van der Waals surface area contributed by atoms with Crippen LogP contribution in [-0.2, 0) is 5.41 Å². The Morgan fingerprint density at radius 2 is 1.09 bits per heavy atom. The lowest BCUT2D eigenvalue weighted by atomic mass is 9.82. The van der Waals surface area contributed by atoms with Gasteiger partial charge in [-0.15, -0.1) is 0 Å². The second-order valence-corrected chi connectivity index (χ2v) is 16.1. The van der Waals surface area contributed by atoms with E-state index in [4.69, 9.17) is 0 Å². The maximum absolute atomic E-state index is 2.45. The van der Waals surface area contributed by atoms with Gasteiger partial charge in [-0.2, -0.15) is 0 Å². The molecular formula is C55H42N2. The molecule has 0 aliphatic heterocycles. The van der Waals surface area contributed by atoms with E-state index in [9.17, 15) is 0 Å². The molecule has 0 spiro atoms. The van der Waals surface area contributed by atoms with Gasteiger partial charge in [-0.3, -0.25) is 0 Å². The highest BCUT2D eigenvalue weighted by atomic mass is 15.1. The summed E-state index contributed by atoms with van der Waals surface area (Å²) in [5.74, 6) is 0.369. The van der Waals surface area contributed by atoms with Crippen LogP contribution in [0.25, 0.3) is 60.4 Å². The van der Waals surface area contributed by atoms with Crippen LogP contribution in [0.2, 0.25) is 0 Å². The third-order valence-corrected chi connectivity index (χ3v) is 12.6. The third kappa shape index (κ3) is 5.39. The van der Waals surface area contributed by atoms with Gasteiger partial charge in [0.2, 0.25) is 0 Å². The Bertz CT molecular complexity index is 3050. The molecule has 1 atom stereocenters. The minimum absolute atomic E-state index is 0.202. The standard InChI is InChI=1S/C55H42N2/c1-55(2)52-35-43(56-34-33-51-47-19-10-9-17-45(47)46-18-11-12-20-50(46)54(51)56)29-31-48(52)49-32-30-44(36-53(49)55)57(41-25-21-39(22-26-41)37-13-5-3-6-14-37)42-27-23-40(24-28-42)38-15-7-4-8-16-38/h3-23,25-36,40H,24H2,1-2H3. The Hall–Kier alpha value is -6.90. The van der Waals surface area contributed by atoms with Gasteiger partial charge in [-0.05, 0) is 110 Å². The van der Waals surface area contributed by atoms with Crippen molar-refractivity contribution >= 4 is 43.8 Å². The predicted molar refractivity (Wildman–Crippen MR) is 241 cm³/mol. The van der Waals surface area contributed by atoms with Crippen LogP contribution in [0.15, 0.2) is 206 Å². The third-order valence-electron chi connectivity index (χ3n) is 12.6. The summed E-state index contributed by atoms with van der Waals surface area (Å²) in [6.07, 6.45) is 10.3. The van der Waals surface area contributed by atoms with Crippen molar-refractivity contribution in [2.75, 3.05) is 4.90 Å². The summed E-state index contributed by atoms with van der Waals surface area (Å²) in [6, 6.07) is 64.7. The lowest BCUT2D eigenvalue weighted by Crippen LogP contribution is -2.19. The Morgan fingerprint density at radius 1 is 0.526 bits per heavy atom. The van der Waals surface area contributed by atoms with Crippen molar-refractivity contribution in [1.29, 1.82) is 0 Å². The first-order valence-corrected chi connectivity index (χ1v) is 20.1. The molecule has 8 aromatic carbocycles. The molecule has 1 unspecified atom stereocenters. The predicted octanol–water partition coefficient (Wildman–Crippen LogP) is 14.7. The number of benzene rings is 8. The van der Waals surface area contributed by atoms with Crippen LogP contribution in [0.5, 0.6) is 0 Å². The van der Waals surface area contributed by atoms with Gasteiger partial charge in [-0.25, -0.2) is 0 Å². The molecule has 0 radical (unpaired) electrons. The highest BCUT2D eigenvalue weighted by molar-refractivity contribution is 6.24. The van der Waals surface area contributed by atoms with Crippen LogP contribution in [-0.4, -0.2) is 4.57 Å². The summed E-state index contributed by atoms with van der Waals surface area (Å²) in [7, 11) is 0. The van der Waals surface area contributed by atoms with Gasteiger partial charge >= 0.3 is 0 Å². The number of hydrogen-bond donors (Lipinski definition) is 0. The fourth-order valence-corrected chi connectivity index (χ4v) is 9.62. The monoisotopic (exact) mass is 730 g/mol. The van der Waals surface area contributed by atoms with Gasteiger partial charge in [0.15, 0.2) is 0 Å². The second-order valence-electron chi connectivity index (χ2n) is 16.1. The summed E-state index contributed by atoms with van der Waals surface area (Å²) in [4.78, 5) is 2.44. The van der Waals surface area contributed by atoms with Crippen molar-refractivity contribution in [1.82, 2.24) is 4.57 Å². The highest BCUT2D eigenvalue weighted by Crippen LogP contribution is 2.51. The second kappa shape index (κ2) is 13.1. The molecule has 2 aliphatic carbocycles. The zero-order valence-electron chi connectivity index (χ0n) is 32.2. The smallest absolute Gasteiger partial charge is 0.0613 e. The summed E-state index contributed by atoms with van der Waals surface area (Å²) >= 11 is 0. The number of aromatic nitrogens is 1. The average Bonchev–Trinajstić information content (AvgIpc) is 3.82. The SMILES string of the molecule is CC1(C)c2cc(N(C3=CCC(c4ccccc4)C=C3)c3ccc(-c4ccccc4)cc3)ccc2-c2ccc(-n3ccc4c5ccccc5c5ccccc5c43)cc21. The van der Waals surface area contributed by atoms with E-state index in [0.29, 0.717) is 5.92 Å². The summed E-state index contributed by atoms with van der Waals surface area (Å²) < 4.78 is 2.40. The maximum atomic E-state index is 2.45. The van der Waals surface area contributed by atoms with Crippen molar-refractivity contribution in [2.24, 2.45) is 0 Å². The molecule has 11 rings (SSSR count). The van der Waals surface area contributed by atoms with Crippen molar-refractivity contribution in [3.8, 4) is 27.9 Å². The summed E-state index contributed by atoms with van der Waals surface area (Å²) in [5, 5.41) is 6.46. The molecule has 9 aromatic rings. The quantitative estimate of drug-likeness (QED) is 0.155. The molecule has 1 aromatic heterocycles. The molecule has 2 nitrogen and oxygen atoms in total. The van der Waals surface area contributed by atoms with Gasteiger partial charge in [-0.1, -0.05) is 159 Å². The molecule has 0 saturated carbocycles. The molecule has 1 heterocycles. The topological polar surface area (TPSA) is 8.17 Å². The van der Waals surface area contributed by atoms with E-state index in [2.05, 4.69) is 224 Å². The van der Waals surface area contributed by atoms with E-state index < -0.39 is 0 Å². The van der Waals surface area contributed by atoms with E-state index >= 15 is 0 Å². The molecular weight excluding hydrogens is 689 g/mol. The fourth-order valence-electron chi connectivity index (χ4n) is 9.62. The van der Waals surface area contributed by atoms with Gasteiger partial charge in [0.1, 0.15) is 0 Å². The number of hydrogen-bond acceptors (Lipinski definition) is 1. The summed E-state index contributed by atoms with van der Waals surface area (Å²) in [6.45, 7) is 4.79. The maximum Gasteiger partial charge on any atom is 0.0613 e. The zero-order chi connectivity index (χ0) is 38.1. The highest BCUT2D eigenvalue weighted by Gasteiger charge is 2.36.